The molecule has 0 amide bonds. The van der Waals surface area contributed by atoms with Crippen molar-refractivity contribution < 1.29 is 8.78 Å². The summed E-state index contributed by atoms with van der Waals surface area (Å²) in [5.41, 5.74) is 0.908. The van der Waals surface area contributed by atoms with Gasteiger partial charge < -0.3 is 4.90 Å². The second-order valence-electron chi connectivity index (χ2n) is 4.44. The molecule has 0 unspecified atom stereocenters. The summed E-state index contributed by atoms with van der Waals surface area (Å²) in [5.74, 6) is -2.66. The number of alkyl halides is 2. The van der Waals surface area contributed by atoms with E-state index in [4.69, 9.17) is 0 Å². The third-order valence-corrected chi connectivity index (χ3v) is 2.95. The molecule has 0 bridgehead atoms. The van der Waals surface area contributed by atoms with Gasteiger partial charge in [0.15, 0.2) is 0 Å². The van der Waals surface area contributed by atoms with Gasteiger partial charge in [0, 0.05) is 30.3 Å². The van der Waals surface area contributed by atoms with E-state index in [0.717, 1.165) is 0 Å². The minimum atomic E-state index is -2.66. The molecule has 1 heterocycles. The minimum Gasteiger partial charge on any atom is -0.369 e. The maximum atomic E-state index is 13.8. The van der Waals surface area contributed by atoms with Gasteiger partial charge in [-0.2, -0.15) is 0 Å². The second-order valence-corrected chi connectivity index (χ2v) is 4.44. The maximum Gasteiger partial charge on any atom is 0.276 e. The number of hydrogen-bond donors (Lipinski definition) is 0. The van der Waals surface area contributed by atoms with Gasteiger partial charge in [-0.1, -0.05) is 19.1 Å². The van der Waals surface area contributed by atoms with Gasteiger partial charge >= 0.3 is 0 Å². The second kappa shape index (κ2) is 4.98. The zero-order chi connectivity index (χ0) is 12.3. The van der Waals surface area contributed by atoms with E-state index in [1.54, 1.807) is 12.2 Å². The van der Waals surface area contributed by atoms with Crippen molar-refractivity contribution in [1.29, 1.82) is 0 Å². The van der Waals surface area contributed by atoms with Gasteiger partial charge in [-0.05, 0) is 27.2 Å². The molecule has 0 aromatic rings. The lowest BCUT2D eigenvalue weighted by molar-refractivity contribution is 0.00297. The Morgan fingerprint density at radius 3 is 2.50 bits per heavy atom. The Morgan fingerprint density at radius 2 is 2.06 bits per heavy atom. The molecule has 0 radical (unpaired) electrons. The van der Waals surface area contributed by atoms with Crippen LogP contribution in [0.1, 0.15) is 40.5 Å². The Balaban J connectivity index is 3.11. The molecule has 1 aliphatic heterocycles. The van der Waals surface area contributed by atoms with Crippen LogP contribution in [-0.4, -0.2) is 23.4 Å². The predicted octanol–water partition coefficient (Wildman–Crippen LogP) is 3.98. The van der Waals surface area contributed by atoms with Gasteiger partial charge in [-0.15, -0.1) is 0 Å². The summed E-state index contributed by atoms with van der Waals surface area (Å²) in [4.78, 5) is 2.05. The highest BCUT2D eigenvalue weighted by atomic mass is 19.3. The number of likely N-dealkylation sites (tertiary alicyclic amines) is 1. The summed E-state index contributed by atoms with van der Waals surface area (Å²) in [6.45, 7) is 8.23. The van der Waals surface area contributed by atoms with Crippen LogP contribution in [0.4, 0.5) is 8.78 Å². The number of piperidine rings is 1. The highest BCUT2D eigenvalue weighted by Crippen LogP contribution is 2.40. The van der Waals surface area contributed by atoms with E-state index < -0.39 is 5.92 Å². The van der Waals surface area contributed by atoms with Crippen LogP contribution in [-0.2, 0) is 0 Å². The molecular weight excluding hydrogens is 208 g/mol. The first-order valence-electron chi connectivity index (χ1n) is 5.95. The van der Waals surface area contributed by atoms with Crippen LogP contribution in [0, 0.1) is 0 Å². The Kier molecular flexibility index (Phi) is 4.11. The average Bonchev–Trinajstić information content (AvgIpc) is 2.20. The van der Waals surface area contributed by atoms with E-state index in [-0.39, 0.29) is 18.0 Å². The molecule has 0 aromatic carbocycles. The molecule has 0 saturated carbocycles. The molecule has 0 spiro atoms. The van der Waals surface area contributed by atoms with Crippen LogP contribution in [0.2, 0.25) is 0 Å². The Labute approximate surface area is 96.8 Å². The molecule has 0 aliphatic carbocycles. The van der Waals surface area contributed by atoms with Crippen molar-refractivity contribution in [2.75, 3.05) is 6.54 Å². The van der Waals surface area contributed by atoms with E-state index in [0.29, 0.717) is 18.7 Å². The van der Waals surface area contributed by atoms with Crippen molar-refractivity contribution in [2.24, 2.45) is 0 Å². The topological polar surface area (TPSA) is 3.24 Å². The van der Waals surface area contributed by atoms with Crippen LogP contribution in [0.25, 0.3) is 0 Å². The van der Waals surface area contributed by atoms with E-state index in [9.17, 15) is 8.78 Å². The summed E-state index contributed by atoms with van der Waals surface area (Å²) in [7, 11) is 0. The van der Waals surface area contributed by atoms with Crippen LogP contribution >= 0.6 is 0 Å². The number of rotatable bonds is 2. The smallest absolute Gasteiger partial charge is 0.276 e. The van der Waals surface area contributed by atoms with Crippen LogP contribution in [0.3, 0.4) is 0 Å². The fourth-order valence-electron chi connectivity index (χ4n) is 2.17. The molecule has 16 heavy (non-hydrogen) atoms. The molecule has 1 nitrogen and oxygen atoms in total. The van der Waals surface area contributed by atoms with Crippen molar-refractivity contribution in [2.45, 2.75) is 52.5 Å². The quantitative estimate of drug-likeness (QED) is 0.692. The number of allylic oxidation sites excluding steroid dienone is 3. The molecule has 0 atom stereocenters. The van der Waals surface area contributed by atoms with Gasteiger partial charge in [-0.25, -0.2) is 8.78 Å². The predicted molar refractivity (Wildman–Crippen MR) is 63.5 cm³/mol. The first-order valence-corrected chi connectivity index (χ1v) is 5.95. The Bertz CT molecular complexity index is 303. The van der Waals surface area contributed by atoms with Crippen molar-refractivity contribution in [3.63, 3.8) is 0 Å². The highest BCUT2D eigenvalue weighted by Gasteiger charge is 2.41. The van der Waals surface area contributed by atoms with Crippen LogP contribution in [0.15, 0.2) is 23.4 Å². The Morgan fingerprint density at radius 1 is 1.44 bits per heavy atom. The molecule has 3 heteroatoms. The summed E-state index contributed by atoms with van der Waals surface area (Å²) in [5, 5.41) is 0. The van der Waals surface area contributed by atoms with Gasteiger partial charge in [0.2, 0.25) is 0 Å². The summed E-state index contributed by atoms with van der Waals surface area (Å²) < 4.78 is 27.6. The zero-order valence-electron chi connectivity index (χ0n) is 10.6. The summed E-state index contributed by atoms with van der Waals surface area (Å²) in [6, 6.07) is 0.266. The lowest BCUT2D eigenvalue weighted by atomic mass is 9.94. The standard InChI is InChI=1S/C13H21F2N/c1-5-7-11-12(6-2)16(10(3)4)9-8-13(11,14)15/h6-7,10H,5,8-9H2,1-4H3/b11-7+,12-6+. The van der Waals surface area contributed by atoms with Crippen LogP contribution in [0.5, 0.6) is 0 Å². The molecule has 1 rings (SSSR count). The molecule has 0 N–H and O–H groups in total. The Hall–Kier alpha value is -0.860. The first kappa shape index (κ1) is 13.2. The molecule has 1 saturated heterocycles. The van der Waals surface area contributed by atoms with Gasteiger partial charge in [0.25, 0.3) is 5.92 Å². The van der Waals surface area contributed by atoms with E-state index in [2.05, 4.69) is 4.90 Å². The third kappa shape index (κ3) is 2.45. The van der Waals surface area contributed by atoms with E-state index in [1.807, 2.05) is 27.7 Å². The highest BCUT2D eigenvalue weighted by molar-refractivity contribution is 5.37. The van der Waals surface area contributed by atoms with Crippen molar-refractivity contribution in [1.82, 2.24) is 4.90 Å². The molecular formula is C13H21F2N. The third-order valence-electron chi connectivity index (χ3n) is 2.95. The SMILES string of the molecule is C/C=C1\C(=C/CC)C(F)(F)CCN1C(C)C. The van der Waals surface area contributed by atoms with Gasteiger partial charge in [0.1, 0.15) is 0 Å². The molecule has 92 valence electrons. The summed E-state index contributed by atoms with van der Waals surface area (Å²) in [6.07, 6.45) is 4.03. The lowest BCUT2D eigenvalue weighted by Gasteiger charge is -2.40. The largest absolute Gasteiger partial charge is 0.369 e. The number of hydrogen-bond acceptors (Lipinski definition) is 1. The van der Waals surface area contributed by atoms with E-state index >= 15 is 0 Å². The number of nitrogens with zero attached hydrogens (tertiary/aromatic N) is 1. The van der Waals surface area contributed by atoms with E-state index in [1.165, 1.54) is 0 Å². The van der Waals surface area contributed by atoms with Crippen molar-refractivity contribution in [3.05, 3.63) is 23.4 Å². The fraction of sp³-hybridized carbons (Fsp3) is 0.692. The molecule has 0 aromatic heterocycles. The minimum absolute atomic E-state index is 0.0750. The summed E-state index contributed by atoms with van der Waals surface area (Å²) >= 11 is 0. The van der Waals surface area contributed by atoms with Crippen molar-refractivity contribution in [3.8, 4) is 0 Å². The zero-order valence-corrected chi connectivity index (χ0v) is 10.6. The fourth-order valence-corrected chi connectivity index (χ4v) is 2.17. The van der Waals surface area contributed by atoms with Crippen LogP contribution < -0.4 is 0 Å². The monoisotopic (exact) mass is 229 g/mol. The molecule has 1 aliphatic rings. The van der Waals surface area contributed by atoms with Gasteiger partial charge in [-0.3, -0.25) is 0 Å². The first-order chi connectivity index (χ1) is 7.44. The maximum absolute atomic E-state index is 13.8. The average molecular weight is 229 g/mol. The normalized spacial score (nSPS) is 25.8. The lowest BCUT2D eigenvalue weighted by Crippen LogP contribution is -2.43. The molecule has 1 fully saturated rings. The number of halogens is 2. The van der Waals surface area contributed by atoms with Gasteiger partial charge in [0.05, 0.1) is 0 Å². The van der Waals surface area contributed by atoms with Crippen molar-refractivity contribution >= 4 is 0 Å².